The average molecular weight is 443 g/mol. The molecule has 12 heteroatoms. The molecule has 1 rings (SSSR count). The maximum atomic E-state index is 10.3. The zero-order chi connectivity index (χ0) is 22.8. The van der Waals surface area contributed by atoms with E-state index >= 15 is 0 Å². The summed E-state index contributed by atoms with van der Waals surface area (Å²) in [5, 5.41) is 100. The first-order valence-corrected chi connectivity index (χ1v) is 10.2. The van der Waals surface area contributed by atoms with E-state index in [1.54, 1.807) is 4.90 Å². The summed E-state index contributed by atoms with van der Waals surface area (Å²) >= 11 is 0. The van der Waals surface area contributed by atoms with Crippen LogP contribution in [0.1, 0.15) is 12.8 Å². The van der Waals surface area contributed by atoms with Crippen molar-refractivity contribution in [3.05, 3.63) is 0 Å². The number of hydrogen-bond donors (Lipinski definition) is 11. The van der Waals surface area contributed by atoms with Gasteiger partial charge in [0.1, 0.15) is 36.6 Å². The molecule has 12 nitrogen and oxygen atoms in total. The number of nitrogens with one attached hydrogen (secondary N) is 1. The van der Waals surface area contributed by atoms with Crippen LogP contribution in [0.5, 0.6) is 0 Å². The summed E-state index contributed by atoms with van der Waals surface area (Å²) in [7, 11) is 0. The van der Waals surface area contributed by atoms with Gasteiger partial charge in [-0.3, -0.25) is 4.90 Å². The quantitative estimate of drug-likeness (QED) is 0.121. The highest BCUT2D eigenvalue weighted by atomic mass is 16.4. The highest BCUT2D eigenvalue weighted by molar-refractivity contribution is 4.87. The van der Waals surface area contributed by atoms with Gasteiger partial charge >= 0.3 is 0 Å². The Hall–Kier alpha value is -0.480. The minimum absolute atomic E-state index is 0.195. The Morgan fingerprint density at radius 2 is 1.00 bits per heavy atom. The molecule has 1 saturated heterocycles. The van der Waals surface area contributed by atoms with E-state index in [2.05, 4.69) is 5.32 Å². The molecule has 8 unspecified atom stereocenters. The van der Waals surface area contributed by atoms with Gasteiger partial charge in [0.2, 0.25) is 0 Å². The normalized spacial score (nSPS) is 24.1. The van der Waals surface area contributed by atoms with Crippen LogP contribution in [0.4, 0.5) is 0 Å². The summed E-state index contributed by atoms with van der Waals surface area (Å²) in [5.74, 6) is 0.195. The zero-order valence-corrected chi connectivity index (χ0v) is 17.0. The molecule has 11 N–H and O–H groups in total. The minimum atomic E-state index is -1.79. The van der Waals surface area contributed by atoms with Crippen molar-refractivity contribution in [3.8, 4) is 0 Å². The van der Waals surface area contributed by atoms with Gasteiger partial charge in [-0.2, -0.15) is 0 Å². The predicted octanol–water partition coefficient (Wildman–Crippen LogP) is -5.84. The monoisotopic (exact) mass is 442 g/mol. The standard InChI is InChI=1S/C18H38N2O10/c21-8-13(25)17(29)15(27)11(23)6-20(5-10-1-3-19-4-2-10)7-12(24)16(28)18(30)14(26)9-22/h10-19,21-30H,1-9H2. The third kappa shape index (κ3) is 8.57. The lowest BCUT2D eigenvalue weighted by Gasteiger charge is -2.36. The largest absolute Gasteiger partial charge is 0.394 e. The topological polar surface area (TPSA) is 218 Å². The molecule has 0 aromatic rings. The fraction of sp³-hybridized carbons (Fsp3) is 1.00. The summed E-state index contributed by atoms with van der Waals surface area (Å²) in [4.78, 5) is 1.55. The van der Waals surface area contributed by atoms with Gasteiger partial charge in [-0.25, -0.2) is 0 Å². The molecule has 0 radical (unpaired) electrons. The van der Waals surface area contributed by atoms with E-state index in [-0.39, 0.29) is 19.0 Å². The van der Waals surface area contributed by atoms with Gasteiger partial charge in [-0.15, -0.1) is 0 Å². The second kappa shape index (κ2) is 13.8. The van der Waals surface area contributed by atoms with E-state index in [9.17, 15) is 40.9 Å². The van der Waals surface area contributed by atoms with Crippen LogP contribution in [0, 0.1) is 5.92 Å². The molecule has 30 heavy (non-hydrogen) atoms. The van der Waals surface area contributed by atoms with Crippen molar-refractivity contribution < 1.29 is 51.1 Å². The highest BCUT2D eigenvalue weighted by Crippen LogP contribution is 2.17. The molecule has 0 saturated carbocycles. The molecule has 0 spiro atoms. The summed E-state index contributed by atoms with van der Waals surface area (Å²) < 4.78 is 0. The molecular formula is C18H38N2O10. The van der Waals surface area contributed by atoms with E-state index in [0.717, 1.165) is 25.9 Å². The van der Waals surface area contributed by atoms with E-state index in [4.69, 9.17) is 10.2 Å². The molecule has 0 aliphatic carbocycles. The molecule has 180 valence electrons. The maximum Gasteiger partial charge on any atom is 0.111 e. The van der Waals surface area contributed by atoms with Crippen LogP contribution < -0.4 is 5.32 Å². The second-order valence-electron chi connectivity index (χ2n) is 8.01. The van der Waals surface area contributed by atoms with Gasteiger partial charge in [0.05, 0.1) is 25.4 Å². The van der Waals surface area contributed by atoms with Crippen molar-refractivity contribution in [3.63, 3.8) is 0 Å². The minimum Gasteiger partial charge on any atom is -0.394 e. The first-order valence-electron chi connectivity index (χ1n) is 10.2. The lowest BCUT2D eigenvalue weighted by atomic mass is 9.96. The Balaban J connectivity index is 2.80. The van der Waals surface area contributed by atoms with Crippen molar-refractivity contribution in [2.24, 2.45) is 5.92 Å². The van der Waals surface area contributed by atoms with E-state index in [1.165, 1.54) is 0 Å². The van der Waals surface area contributed by atoms with Crippen molar-refractivity contribution in [2.75, 3.05) is 45.9 Å². The van der Waals surface area contributed by atoms with Gasteiger partial charge in [0, 0.05) is 19.6 Å². The Morgan fingerprint density at radius 3 is 1.37 bits per heavy atom. The van der Waals surface area contributed by atoms with Crippen LogP contribution in [-0.2, 0) is 0 Å². The molecule has 1 aliphatic heterocycles. The van der Waals surface area contributed by atoms with Gasteiger partial charge < -0.3 is 56.4 Å². The fourth-order valence-corrected chi connectivity index (χ4v) is 3.52. The SMILES string of the molecule is OCC(O)C(O)C(O)C(O)CN(CC1CCNCC1)CC(O)C(O)C(O)C(O)CO. The number of aliphatic hydroxyl groups is 10. The van der Waals surface area contributed by atoms with Crippen LogP contribution in [0.3, 0.4) is 0 Å². The van der Waals surface area contributed by atoms with Crippen molar-refractivity contribution in [1.82, 2.24) is 10.2 Å². The van der Waals surface area contributed by atoms with Crippen molar-refractivity contribution in [2.45, 2.75) is 61.7 Å². The highest BCUT2D eigenvalue weighted by Gasteiger charge is 2.34. The van der Waals surface area contributed by atoms with Crippen LogP contribution in [0.2, 0.25) is 0 Å². The van der Waals surface area contributed by atoms with E-state index < -0.39 is 62.0 Å². The first-order chi connectivity index (χ1) is 14.1. The molecular weight excluding hydrogens is 404 g/mol. The summed E-state index contributed by atoms with van der Waals surface area (Å²) in [6, 6.07) is 0. The van der Waals surface area contributed by atoms with Crippen LogP contribution >= 0.6 is 0 Å². The molecule has 1 aliphatic rings. The molecule has 0 bridgehead atoms. The Morgan fingerprint density at radius 1 is 0.633 bits per heavy atom. The summed E-state index contributed by atoms with van der Waals surface area (Å²) in [5.41, 5.74) is 0. The molecule has 0 amide bonds. The van der Waals surface area contributed by atoms with Gasteiger partial charge in [0.15, 0.2) is 0 Å². The molecule has 8 atom stereocenters. The van der Waals surface area contributed by atoms with Crippen LogP contribution in [0.25, 0.3) is 0 Å². The van der Waals surface area contributed by atoms with Gasteiger partial charge in [0.25, 0.3) is 0 Å². The molecule has 1 heterocycles. The third-order valence-corrected chi connectivity index (χ3v) is 5.52. The Labute approximate surface area is 175 Å². The van der Waals surface area contributed by atoms with E-state index in [0.29, 0.717) is 6.54 Å². The number of rotatable bonds is 14. The van der Waals surface area contributed by atoms with Crippen LogP contribution in [-0.4, -0.2) is 151 Å². The molecule has 0 aromatic carbocycles. The fourth-order valence-electron chi connectivity index (χ4n) is 3.52. The average Bonchev–Trinajstić information content (AvgIpc) is 2.76. The first kappa shape index (κ1) is 27.6. The lowest BCUT2D eigenvalue weighted by Crippen LogP contribution is -2.54. The molecule has 1 fully saturated rings. The Bertz CT molecular complexity index is 427. The predicted molar refractivity (Wildman–Crippen MR) is 104 cm³/mol. The summed E-state index contributed by atoms with van der Waals surface area (Å²) in [6.07, 6.45) is -11.8. The lowest BCUT2D eigenvalue weighted by molar-refractivity contribution is -0.131. The maximum absolute atomic E-state index is 10.3. The van der Waals surface area contributed by atoms with Crippen LogP contribution in [0.15, 0.2) is 0 Å². The van der Waals surface area contributed by atoms with Gasteiger partial charge in [-0.1, -0.05) is 0 Å². The van der Waals surface area contributed by atoms with Crippen molar-refractivity contribution in [1.29, 1.82) is 0 Å². The second-order valence-corrected chi connectivity index (χ2v) is 8.01. The third-order valence-electron chi connectivity index (χ3n) is 5.52. The smallest absolute Gasteiger partial charge is 0.111 e. The van der Waals surface area contributed by atoms with Crippen molar-refractivity contribution >= 4 is 0 Å². The molecule has 0 aromatic heterocycles. The summed E-state index contributed by atoms with van der Waals surface area (Å²) in [6.45, 7) is -0.118. The Kier molecular flexibility index (Phi) is 12.7. The number of nitrogens with zero attached hydrogens (tertiary/aromatic N) is 1. The number of hydrogen-bond acceptors (Lipinski definition) is 12. The number of aliphatic hydroxyl groups excluding tert-OH is 10. The number of piperidine rings is 1. The zero-order valence-electron chi connectivity index (χ0n) is 17.0. The van der Waals surface area contributed by atoms with Gasteiger partial charge in [-0.05, 0) is 31.8 Å². The van der Waals surface area contributed by atoms with E-state index in [1.807, 2.05) is 0 Å².